The maximum absolute atomic E-state index is 13.8. The van der Waals surface area contributed by atoms with E-state index in [-0.39, 0.29) is 5.82 Å². The number of rotatable bonds is 3. The molecule has 0 amide bonds. The summed E-state index contributed by atoms with van der Waals surface area (Å²) >= 11 is 1.44. The van der Waals surface area contributed by atoms with Gasteiger partial charge in [0.25, 0.3) is 0 Å². The van der Waals surface area contributed by atoms with Crippen LogP contribution in [0.4, 0.5) is 15.2 Å². The van der Waals surface area contributed by atoms with E-state index in [4.69, 9.17) is 5.11 Å². The second-order valence-corrected chi connectivity index (χ2v) is 5.81. The number of aryl methyl sites for hydroxylation is 1. The molecule has 1 unspecified atom stereocenters. The Bertz CT molecular complexity index is 671. The molecule has 0 saturated heterocycles. The highest BCUT2D eigenvalue weighted by Crippen LogP contribution is 2.41. The zero-order chi connectivity index (χ0) is 14.3. The Morgan fingerprint density at radius 3 is 2.95 bits per heavy atom. The number of halogens is 1. The van der Waals surface area contributed by atoms with E-state index in [2.05, 4.69) is 4.98 Å². The zero-order valence-corrected chi connectivity index (χ0v) is 11.7. The number of aliphatic carboxylic acids is 1. The molecular weight excluding hydrogens is 279 g/mol. The lowest BCUT2D eigenvalue weighted by molar-refractivity contribution is -0.138. The molecule has 3 rings (SSSR count). The topological polar surface area (TPSA) is 53.4 Å². The predicted molar refractivity (Wildman–Crippen MR) is 75.3 cm³/mol. The molecule has 1 aromatic heterocycles. The van der Waals surface area contributed by atoms with Crippen molar-refractivity contribution in [2.45, 2.75) is 18.8 Å². The quantitative estimate of drug-likeness (QED) is 0.944. The molecule has 0 saturated carbocycles. The minimum Gasteiger partial charge on any atom is -0.481 e. The van der Waals surface area contributed by atoms with Gasteiger partial charge in [0.05, 0.1) is 11.4 Å². The van der Waals surface area contributed by atoms with Gasteiger partial charge in [-0.2, -0.15) is 0 Å². The number of benzene rings is 1. The molecule has 0 bridgehead atoms. The fourth-order valence-corrected chi connectivity index (χ4v) is 3.54. The molecular formula is C14H13FN2O2S. The summed E-state index contributed by atoms with van der Waals surface area (Å²) in [6, 6.07) is 6.47. The fourth-order valence-electron chi connectivity index (χ4n) is 2.42. The van der Waals surface area contributed by atoms with Crippen LogP contribution >= 0.6 is 11.3 Å². The molecule has 1 atom stereocenters. The smallest absolute Gasteiger partial charge is 0.312 e. The summed E-state index contributed by atoms with van der Waals surface area (Å²) in [7, 11) is 1.74. The molecule has 2 aromatic rings. The number of hydrogen-bond donors (Lipinski definition) is 1. The summed E-state index contributed by atoms with van der Waals surface area (Å²) in [6.07, 6.45) is 1.34. The Balaban J connectivity index is 1.95. The van der Waals surface area contributed by atoms with Crippen LogP contribution in [-0.2, 0) is 11.2 Å². The Hall–Kier alpha value is -1.95. The highest BCUT2D eigenvalue weighted by Gasteiger charge is 2.33. The minimum atomic E-state index is -0.839. The lowest BCUT2D eigenvalue weighted by Gasteiger charge is -2.16. The van der Waals surface area contributed by atoms with Crippen LogP contribution in [0.1, 0.15) is 22.9 Å². The molecule has 1 aliphatic carbocycles. The molecule has 0 spiro atoms. The molecule has 4 nitrogen and oxygen atoms in total. The average molecular weight is 292 g/mol. The average Bonchev–Trinajstić information content (AvgIpc) is 2.97. The summed E-state index contributed by atoms with van der Waals surface area (Å²) in [5.41, 5.74) is 1.08. The molecule has 6 heteroatoms. The second kappa shape index (κ2) is 4.86. The van der Waals surface area contributed by atoms with Gasteiger partial charge in [0.15, 0.2) is 5.13 Å². The predicted octanol–water partition coefficient (Wildman–Crippen LogP) is 3.16. The monoisotopic (exact) mass is 292 g/mol. The van der Waals surface area contributed by atoms with Crippen LogP contribution in [0.25, 0.3) is 0 Å². The van der Waals surface area contributed by atoms with E-state index < -0.39 is 11.9 Å². The van der Waals surface area contributed by atoms with Gasteiger partial charge in [0.1, 0.15) is 11.7 Å². The second-order valence-electron chi connectivity index (χ2n) is 4.74. The van der Waals surface area contributed by atoms with Gasteiger partial charge in [-0.1, -0.05) is 12.1 Å². The number of hydrogen-bond acceptors (Lipinski definition) is 4. The van der Waals surface area contributed by atoms with Crippen molar-refractivity contribution in [3.05, 3.63) is 40.7 Å². The number of para-hydroxylation sites is 1. The number of nitrogens with zero attached hydrogens (tertiary/aromatic N) is 2. The van der Waals surface area contributed by atoms with E-state index >= 15 is 0 Å². The van der Waals surface area contributed by atoms with Crippen molar-refractivity contribution in [2.75, 3.05) is 11.9 Å². The number of carboxylic acid groups (broad SMARTS) is 1. The van der Waals surface area contributed by atoms with Crippen LogP contribution in [-0.4, -0.2) is 23.1 Å². The normalized spacial score (nSPS) is 17.0. The summed E-state index contributed by atoms with van der Waals surface area (Å²) in [4.78, 5) is 18.2. The van der Waals surface area contributed by atoms with E-state index in [9.17, 15) is 9.18 Å². The molecule has 1 aliphatic rings. The van der Waals surface area contributed by atoms with Crippen molar-refractivity contribution in [2.24, 2.45) is 0 Å². The Kier molecular flexibility index (Phi) is 3.17. The number of aromatic nitrogens is 1. The SMILES string of the molecule is CN(c1nc2c(s1)CCC2C(=O)O)c1ccccc1F. The van der Waals surface area contributed by atoms with Crippen molar-refractivity contribution in [3.63, 3.8) is 0 Å². The highest BCUT2D eigenvalue weighted by atomic mass is 32.1. The van der Waals surface area contributed by atoms with E-state index in [0.717, 1.165) is 11.3 Å². The van der Waals surface area contributed by atoms with Gasteiger partial charge >= 0.3 is 5.97 Å². The molecule has 1 heterocycles. The minimum absolute atomic E-state index is 0.319. The first-order valence-electron chi connectivity index (χ1n) is 6.28. The molecule has 0 aliphatic heterocycles. The highest BCUT2D eigenvalue weighted by molar-refractivity contribution is 7.15. The van der Waals surface area contributed by atoms with Crippen molar-refractivity contribution in [1.29, 1.82) is 0 Å². The van der Waals surface area contributed by atoms with Gasteiger partial charge < -0.3 is 10.0 Å². The Morgan fingerprint density at radius 1 is 1.50 bits per heavy atom. The maximum Gasteiger partial charge on any atom is 0.312 e. The molecule has 0 radical (unpaired) electrons. The van der Waals surface area contributed by atoms with Gasteiger partial charge in [-0.3, -0.25) is 4.79 Å². The summed E-state index contributed by atoms with van der Waals surface area (Å²) in [5.74, 6) is -1.68. The van der Waals surface area contributed by atoms with Crippen LogP contribution in [0.5, 0.6) is 0 Å². The first-order valence-corrected chi connectivity index (χ1v) is 7.10. The zero-order valence-electron chi connectivity index (χ0n) is 10.8. The van der Waals surface area contributed by atoms with Crippen LogP contribution in [0, 0.1) is 5.82 Å². The van der Waals surface area contributed by atoms with Crippen LogP contribution < -0.4 is 4.90 Å². The van der Waals surface area contributed by atoms with Crippen molar-refractivity contribution in [1.82, 2.24) is 4.98 Å². The van der Waals surface area contributed by atoms with Gasteiger partial charge in [-0.15, -0.1) is 11.3 Å². The molecule has 1 aromatic carbocycles. The lowest BCUT2D eigenvalue weighted by Crippen LogP contribution is -2.12. The van der Waals surface area contributed by atoms with Crippen LogP contribution in [0.3, 0.4) is 0 Å². The van der Waals surface area contributed by atoms with Gasteiger partial charge in [-0.05, 0) is 25.0 Å². The number of anilines is 2. The van der Waals surface area contributed by atoms with E-state index in [1.165, 1.54) is 17.4 Å². The standard InChI is InChI=1S/C14H13FN2O2S/c1-17(10-5-3-2-4-9(10)15)14-16-12-8(13(18)19)6-7-11(12)20-14/h2-5,8H,6-7H2,1H3,(H,18,19). The first kappa shape index (κ1) is 13.1. The molecule has 104 valence electrons. The lowest BCUT2D eigenvalue weighted by atomic mass is 10.1. The third-order valence-corrected chi connectivity index (χ3v) is 4.71. The summed E-state index contributed by atoms with van der Waals surface area (Å²) < 4.78 is 13.8. The number of thiazole rings is 1. The van der Waals surface area contributed by atoms with Crippen molar-refractivity contribution in [3.8, 4) is 0 Å². The maximum atomic E-state index is 13.8. The van der Waals surface area contributed by atoms with Gasteiger partial charge in [0, 0.05) is 11.9 Å². The number of fused-ring (bicyclic) bond motifs is 1. The Morgan fingerprint density at radius 2 is 2.25 bits per heavy atom. The van der Waals surface area contributed by atoms with E-state index in [1.54, 1.807) is 30.1 Å². The third-order valence-electron chi connectivity index (χ3n) is 3.51. The number of carboxylic acids is 1. The molecule has 20 heavy (non-hydrogen) atoms. The van der Waals surface area contributed by atoms with Gasteiger partial charge in [0.2, 0.25) is 0 Å². The first-order chi connectivity index (χ1) is 9.58. The summed E-state index contributed by atoms with van der Waals surface area (Å²) in [5, 5.41) is 9.79. The van der Waals surface area contributed by atoms with Crippen LogP contribution in [0.2, 0.25) is 0 Å². The van der Waals surface area contributed by atoms with Crippen molar-refractivity contribution < 1.29 is 14.3 Å². The van der Waals surface area contributed by atoms with Crippen LogP contribution in [0.15, 0.2) is 24.3 Å². The summed E-state index contributed by atoms with van der Waals surface area (Å²) in [6.45, 7) is 0. The van der Waals surface area contributed by atoms with E-state index in [1.807, 2.05) is 0 Å². The molecule has 1 N–H and O–H groups in total. The van der Waals surface area contributed by atoms with E-state index in [0.29, 0.717) is 22.9 Å². The largest absolute Gasteiger partial charge is 0.481 e. The Labute approximate surface area is 119 Å². The number of carbonyl (C=O) groups is 1. The third kappa shape index (κ3) is 2.06. The van der Waals surface area contributed by atoms with Crippen molar-refractivity contribution >= 4 is 28.1 Å². The molecule has 0 fully saturated rings. The van der Waals surface area contributed by atoms with Gasteiger partial charge in [-0.25, -0.2) is 9.37 Å². The fraction of sp³-hybridized carbons (Fsp3) is 0.286.